The highest BCUT2D eigenvalue weighted by atomic mass is 28.2. The van der Waals surface area contributed by atoms with Gasteiger partial charge in [-0.3, -0.25) is 0 Å². The number of aryl methyl sites for hydroxylation is 1. The van der Waals surface area contributed by atoms with Gasteiger partial charge in [0, 0.05) is 6.20 Å². The minimum absolute atomic E-state index is 1.09. The summed E-state index contributed by atoms with van der Waals surface area (Å²) in [7, 11) is 2.18. The zero-order chi connectivity index (χ0) is 7.56. The van der Waals surface area contributed by atoms with Crippen molar-refractivity contribution in [3.63, 3.8) is 0 Å². The smallest absolute Gasteiger partial charge is 0.114 e. The second-order valence-electron chi connectivity index (χ2n) is 2.54. The first kappa shape index (κ1) is 7.49. The summed E-state index contributed by atoms with van der Waals surface area (Å²) in [5, 5.41) is 0. The molecule has 0 bridgehead atoms. The second kappa shape index (κ2) is 2.98. The molecule has 10 heavy (non-hydrogen) atoms. The van der Waals surface area contributed by atoms with Crippen LogP contribution in [0.2, 0.25) is 0 Å². The molecule has 0 saturated carbocycles. The SMILES string of the molecule is Cc1cccnc1N([SiH3])[SiH3]. The van der Waals surface area contributed by atoms with Gasteiger partial charge in [-0.1, -0.05) is 6.07 Å². The second-order valence-corrected chi connectivity index (χ2v) is 7.01. The average molecular weight is 168 g/mol. The van der Waals surface area contributed by atoms with Crippen molar-refractivity contribution in [1.82, 2.24) is 4.98 Å². The van der Waals surface area contributed by atoms with Crippen LogP contribution in [0.3, 0.4) is 0 Å². The van der Waals surface area contributed by atoms with Gasteiger partial charge in [-0.2, -0.15) is 0 Å². The molecule has 0 aromatic carbocycles. The molecule has 0 radical (unpaired) electrons. The van der Waals surface area contributed by atoms with Gasteiger partial charge in [0.1, 0.15) is 5.82 Å². The van der Waals surface area contributed by atoms with Gasteiger partial charge in [0.25, 0.3) is 0 Å². The van der Waals surface area contributed by atoms with E-state index in [1.165, 1.54) is 11.4 Å². The lowest BCUT2D eigenvalue weighted by Crippen LogP contribution is -2.16. The van der Waals surface area contributed by atoms with Crippen molar-refractivity contribution in [1.29, 1.82) is 0 Å². The van der Waals surface area contributed by atoms with Crippen molar-refractivity contribution >= 4 is 26.6 Å². The molecule has 0 aliphatic carbocycles. The molecule has 0 saturated heterocycles. The van der Waals surface area contributed by atoms with E-state index in [2.05, 4.69) is 22.2 Å². The van der Waals surface area contributed by atoms with E-state index in [4.69, 9.17) is 0 Å². The number of rotatable bonds is 1. The summed E-state index contributed by atoms with van der Waals surface area (Å²) in [5.41, 5.74) is 1.28. The van der Waals surface area contributed by atoms with Crippen molar-refractivity contribution in [3.8, 4) is 0 Å². The number of pyridine rings is 1. The Morgan fingerprint density at radius 2 is 2.20 bits per heavy atom. The highest BCUT2D eigenvalue weighted by Crippen LogP contribution is 2.10. The van der Waals surface area contributed by atoms with Crippen LogP contribution >= 0.6 is 0 Å². The number of aromatic nitrogens is 1. The quantitative estimate of drug-likeness (QED) is 0.488. The first-order valence-electron chi connectivity index (χ1n) is 3.31. The lowest BCUT2D eigenvalue weighted by molar-refractivity contribution is 1.24. The Balaban J connectivity index is 3.03. The van der Waals surface area contributed by atoms with E-state index in [0.717, 1.165) is 20.8 Å². The molecule has 1 heterocycles. The molecule has 0 amide bonds. The maximum Gasteiger partial charge on any atom is 0.114 e. The van der Waals surface area contributed by atoms with Crippen LogP contribution < -0.4 is 4.23 Å². The molecule has 1 rings (SSSR count). The van der Waals surface area contributed by atoms with Crippen LogP contribution in [0.5, 0.6) is 0 Å². The number of hydrogen-bond acceptors (Lipinski definition) is 2. The minimum atomic E-state index is 1.09. The van der Waals surface area contributed by atoms with Crippen molar-refractivity contribution < 1.29 is 0 Å². The molecule has 0 spiro atoms. The fourth-order valence-corrected chi connectivity index (χ4v) is 1.88. The van der Waals surface area contributed by atoms with Gasteiger partial charge in [-0.15, -0.1) is 0 Å². The van der Waals surface area contributed by atoms with E-state index in [0.29, 0.717) is 0 Å². The molecule has 0 fully saturated rings. The fraction of sp³-hybridized carbons (Fsp3) is 0.167. The van der Waals surface area contributed by atoms with Crippen LogP contribution in [0.15, 0.2) is 18.3 Å². The normalized spacial score (nSPS) is 10.1. The maximum absolute atomic E-state index is 4.27. The van der Waals surface area contributed by atoms with Crippen LogP contribution in [0, 0.1) is 6.92 Å². The van der Waals surface area contributed by atoms with Crippen LogP contribution in [0.25, 0.3) is 0 Å². The summed E-state index contributed by atoms with van der Waals surface area (Å²) < 4.78 is 2.29. The summed E-state index contributed by atoms with van der Waals surface area (Å²) in [6, 6.07) is 4.08. The number of hydrogen-bond donors (Lipinski definition) is 0. The molecule has 0 N–H and O–H groups in total. The highest BCUT2D eigenvalue weighted by Gasteiger charge is 1.96. The van der Waals surface area contributed by atoms with Crippen molar-refractivity contribution in [3.05, 3.63) is 23.9 Å². The molecule has 54 valence electrons. The topological polar surface area (TPSA) is 16.1 Å². The summed E-state index contributed by atoms with van der Waals surface area (Å²) >= 11 is 0. The third kappa shape index (κ3) is 1.45. The Bertz CT molecular complexity index is 225. The summed E-state index contributed by atoms with van der Waals surface area (Å²) in [6.45, 7) is 2.10. The Kier molecular flexibility index (Phi) is 2.23. The zero-order valence-electron chi connectivity index (χ0n) is 6.63. The Morgan fingerprint density at radius 1 is 1.50 bits per heavy atom. The fourth-order valence-electron chi connectivity index (χ4n) is 0.946. The standard InChI is InChI=1S/C6H12N2Si2/c1-5-3-2-4-7-6(5)8(9)10/h2-4H,1,9-10H3. The molecule has 1 aromatic rings. The van der Waals surface area contributed by atoms with Crippen molar-refractivity contribution in [2.75, 3.05) is 4.23 Å². The highest BCUT2D eigenvalue weighted by molar-refractivity contribution is 6.41. The van der Waals surface area contributed by atoms with E-state index in [1.54, 1.807) is 0 Å². The van der Waals surface area contributed by atoms with E-state index in [-0.39, 0.29) is 0 Å². The van der Waals surface area contributed by atoms with Crippen LogP contribution in [-0.2, 0) is 0 Å². The van der Waals surface area contributed by atoms with Gasteiger partial charge >= 0.3 is 0 Å². The minimum Gasteiger partial charge on any atom is -0.424 e. The van der Waals surface area contributed by atoms with E-state index < -0.39 is 0 Å². The van der Waals surface area contributed by atoms with Gasteiger partial charge in [0.2, 0.25) is 0 Å². The molecule has 0 unspecified atom stereocenters. The molecular weight excluding hydrogens is 156 g/mol. The Hall–Kier alpha value is -0.616. The third-order valence-corrected chi connectivity index (χ3v) is 2.25. The summed E-state index contributed by atoms with van der Waals surface area (Å²) in [5.74, 6) is 1.17. The first-order valence-corrected chi connectivity index (χ1v) is 5.09. The summed E-state index contributed by atoms with van der Waals surface area (Å²) in [6.07, 6.45) is 1.85. The Labute approximate surface area is 67.3 Å². The monoisotopic (exact) mass is 168 g/mol. The average Bonchev–Trinajstić information content (AvgIpc) is 1.88. The van der Waals surface area contributed by atoms with Crippen LogP contribution in [0.4, 0.5) is 5.82 Å². The predicted octanol–water partition coefficient (Wildman–Crippen LogP) is -1.24. The largest absolute Gasteiger partial charge is 0.424 e. The van der Waals surface area contributed by atoms with Gasteiger partial charge in [-0.25, -0.2) is 4.98 Å². The lowest BCUT2D eigenvalue weighted by Gasteiger charge is -2.13. The van der Waals surface area contributed by atoms with Crippen molar-refractivity contribution in [2.45, 2.75) is 6.92 Å². The molecule has 0 aliphatic heterocycles. The Morgan fingerprint density at radius 3 is 2.60 bits per heavy atom. The molecule has 4 heteroatoms. The molecule has 0 atom stereocenters. The maximum atomic E-state index is 4.27. The first-order chi connectivity index (χ1) is 4.72. The lowest BCUT2D eigenvalue weighted by atomic mass is 10.3. The van der Waals surface area contributed by atoms with E-state index >= 15 is 0 Å². The molecule has 1 aromatic heterocycles. The molecule has 0 aliphatic rings. The van der Waals surface area contributed by atoms with Gasteiger partial charge < -0.3 is 4.23 Å². The van der Waals surface area contributed by atoms with Crippen LogP contribution in [-0.4, -0.2) is 25.8 Å². The summed E-state index contributed by atoms with van der Waals surface area (Å²) in [4.78, 5) is 4.27. The van der Waals surface area contributed by atoms with Crippen molar-refractivity contribution in [2.24, 2.45) is 0 Å². The number of anilines is 1. The van der Waals surface area contributed by atoms with Gasteiger partial charge in [-0.05, 0) is 18.6 Å². The van der Waals surface area contributed by atoms with Gasteiger partial charge in [0.05, 0.1) is 20.8 Å². The molecular formula is C6H12N2Si2. The van der Waals surface area contributed by atoms with Crippen LogP contribution in [0.1, 0.15) is 5.56 Å². The van der Waals surface area contributed by atoms with Gasteiger partial charge in [0.15, 0.2) is 0 Å². The van der Waals surface area contributed by atoms with E-state index in [1.807, 2.05) is 12.3 Å². The number of nitrogens with zero attached hydrogens (tertiary/aromatic N) is 2. The third-order valence-electron chi connectivity index (χ3n) is 1.41. The predicted molar refractivity (Wildman–Crippen MR) is 51.3 cm³/mol. The van der Waals surface area contributed by atoms with E-state index in [9.17, 15) is 0 Å². The molecule has 2 nitrogen and oxygen atoms in total. The zero-order valence-corrected chi connectivity index (χ0v) is 10.6.